The highest BCUT2D eigenvalue weighted by Crippen LogP contribution is 2.45. The van der Waals surface area contributed by atoms with Gasteiger partial charge in [0.15, 0.2) is 5.13 Å². The van der Waals surface area contributed by atoms with Gasteiger partial charge in [0.25, 0.3) is 5.78 Å². The summed E-state index contributed by atoms with van der Waals surface area (Å²) < 4.78 is 27.1. The zero-order valence-electron chi connectivity index (χ0n) is 20.8. The third-order valence-electron chi connectivity index (χ3n) is 6.09. The number of ketones is 1. The molecule has 7 nitrogen and oxygen atoms in total. The van der Waals surface area contributed by atoms with Crippen molar-refractivity contribution in [1.82, 2.24) is 4.98 Å². The molecule has 9 heteroatoms. The molecule has 194 valence electrons. The second kappa shape index (κ2) is 10.6. The number of aromatic nitrogens is 1. The van der Waals surface area contributed by atoms with Gasteiger partial charge < -0.3 is 14.6 Å². The number of aliphatic hydroxyl groups excluding tert-OH is 1. The Hall–Kier alpha value is -4.24. The first kappa shape index (κ1) is 25.4. The Morgan fingerprint density at radius 1 is 1.03 bits per heavy atom. The van der Waals surface area contributed by atoms with Crippen molar-refractivity contribution in [3.8, 4) is 11.5 Å². The van der Waals surface area contributed by atoms with Crippen LogP contribution in [0.2, 0.25) is 0 Å². The Labute approximate surface area is 222 Å². The fraction of sp³-hybridized carbons (Fsp3) is 0.207. The molecule has 0 saturated carbocycles. The van der Waals surface area contributed by atoms with E-state index >= 15 is 4.39 Å². The topological polar surface area (TPSA) is 89.0 Å². The molecule has 1 amide bonds. The predicted octanol–water partition coefficient (Wildman–Crippen LogP) is 6.25. The SMILES string of the molecule is CCCOc1cccc(C(O)=C2C(=O)C(=O)N(c3nc4ccc(OCC)cc4s3)C2c2ccccc2F)c1. The van der Waals surface area contributed by atoms with Crippen LogP contribution in [0.4, 0.5) is 9.52 Å². The van der Waals surface area contributed by atoms with E-state index in [1.807, 2.05) is 13.8 Å². The molecule has 1 fully saturated rings. The summed E-state index contributed by atoms with van der Waals surface area (Å²) >= 11 is 1.18. The minimum atomic E-state index is -1.22. The normalized spacial score (nSPS) is 16.8. The van der Waals surface area contributed by atoms with Gasteiger partial charge in [-0.15, -0.1) is 0 Å². The van der Waals surface area contributed by atoms with Crippen molar-refractivity contribution in [3.63, 3.8) is 0 Å². The van der Waals surface area contributed by atoms with Crippen molar-refractivity contribution < 1.29 is 28.6 Å². The summed E-state index contributed by atoms with van der Waals surface area (Å²) in [5.74, 6) is -1.71. The number of hydrogen-bond donors (Lipinski definition) is 1. The maximum absolute atomic E-state index is 15.2. The van der Waals surface area contributed by atoms with E-state index < -0.39 is 29.3 Å². The second-order valence-corrected chi connectivity index (χ2v) is 9.63. The lowest BCUT2D eigenvalue weighted by Gasteiger charge is -2.23. The average Bonchev–Trinajstić information content (AvgIpc) is 3.45. The van der Waals surface area contributed by atoms with Crippen LogP contribution in [0.1, 0.15) is 37.4 Å². The number of Topliss-reactive ketones (excluding diaryl/α,β-unsaturated/α-hetero) is 1. The van der Waals surface area contributed by atoms with Gasteiger partial charge in [-0.25, -0.2) is 9.37 Å². The number of benzene rings is 3. The lowest BCUT2D eigenvalue weighted by Crippen LogP contribution is -2.29. The zero-order chi connectivity index (χ0) is 26.8. The highest BCUT2D eigenvalue weighted by atomic mass is 32.1. The van der Waals surface area contributed by atoms with E-state index in [0.29, 0.717) is 30.2 Å². The number of carbonyl (C=O) groups is 2. The molecule has 0 aliphatic carbocycles. The molecule has 5 rings (SSSR count). The number of rotatable bonds is 8. The Morgan fingerprint density at radius 2 is 1.82 bits per heavy atom. The van der Waals surface area contributed by atoms with Gasteiger partial charge in [-0.1, -0.05) is 48.6 Å². The van der Waals surface area contributed by atoms with E-state index in [0.717, 1.165) is 16.0 Å². The van der Waals surface area contributed by atoms with Gasteiger partial charge in [-0.05, 0) is 49.7 Å². The molecule has 4 aromatic rings. The number of anilines is 1. The molecule has 0 spiro atoms. The first-order valence-corrected chi connectivity index (χ1v) is 13.1. The van der Waals surface area contributed by atoms with Gasteiger partial charge in [-0.3, -0.25) is 14.5 Å². The van der Waals surface area contributed by atoms with Crippen LogP contribution in [0.25, 0.3) is 16.0 Å². The fourth-order valence-corrected chi connectivity index (χ4v) is 5.40. The van der Waals surface area contributed by atoms with Crippen LogP contribution in [0, 0.1) is 5.82 Å². The minimum Gasteiger partial charge on any atom is -0.507 e. The number of ether oxygens (including phenoxy) is 2. The largest absolute Gasteiger partial charge is 0.507 e. The Bertz CT molecular complexity index is 1560. The molecular weight excluding hydrogens is 507 g/mol. The monoisotopic (exact) mass is 532 g/mol. The summed E-state index contributed by atoms with van der Waals surface area (Å²) in [4.78, 5) is 32.6. The summed E-state index contributed by atoms with van der Waals surface area (Å²) in [6, 6.07) is 16.6. The maximum Gasteiger partial charge on any atom is 0.301 e. The number of carbonyl (C=O) groups excluding carboxylic acids is 2. The third-order valence-corrected chi connectivity index (χ3v) is 7.11. The van der Waals surface area contributed by atoms with E-state index in [4.69, 9.17) is 9.47 Å². The number of hydrogen-bond acceptors (Lipinski definition) is 7. The van der Waals surface area contributed by atoms with E-state index in [1.165, 1.54) is 29.5 Å². The molecule has 3 aromatic carbocycles. The Balaban J connectivity index is 1.67. The molecule has 38 heavy (non-hydrogen) atoms. The summed E-state index contributed by atoms with van der Waals surface area (Å²) in [5.41, 5.74) is 0.731. The number of amides is 1. The van der Waals surface area contributed by atoms with Crippen molar-refractivity contribution in [1.29, 1.82) is 0 Å². The van der Waals surface area contributed by atoms with Gasteiger partial charge in [-0.2, -0.15) is 0 Å². The van der Waals surface area contributed by atoms with Crippen molar-refractivity contribution >= 4 is 44.1 Å². The van der Waals surface area contributed by atoms with Crippen molar-refractivity contribution in [3.05, 3.63) is 89.2 Å². The Kier molecular flexibility index (Phi) is 7.11. The van der Waals surface area contributed by atoms with E-state index in [2.05, 4.69) is 4.98 Å². The third kappa shape index (κ3) is 4.61. The molecule has 2 heterocycles. The van der Waals surface area contributed by atoms with Crippen LogP contribution in [0.5, 0.6) is 11.5 Å². The number of thiazole rings is 1. The molecule has 1 N–H and O–H groups in total. The number of halogens is 1. The standard InChI is InChI=1S/C29H25FN2O5S/c1-3-14-37-18-9-7-8-17(15-18)26(33)24-25(20-10-5-6-11-21(20)30)32(28(35)27(24)34)29-31-22-13-12-19(36-4-2)16-23(22)38-29/h5-13,15-16,25,33H,3-4,14H2,1-2H3. The molecule has 1 aromatic heterocycles. The maximum atomic E-state index is 15.2. The molecule has 1 aliphatic rings. The van der Waals surface area contributed by atoms with E-state index in [9.17, 15) is 14.7 Å². The molecule has 0 bridgehead atoms. The number of fused-ring (bicyclic) bond motifs is 1. The van der Waals surface area contributed by atoms with Gasteiger partial charge in [0.2, 0.25) is 0 Å². The van der Waals surface area contributed by atoms with Crippen LogP contribution < -0.4 is 14.4 Å². The van der Waals surface area contributed by atoms with Crippen LogP contribution in [0.15, 0.2) is 72.3 Å². The fourth-order valence-electron chi connectivity index (χ4n) is 4.38. The molecule has 1 unspecified atom stereocenters. The second-order valence-electron chi connectivity index (χ2n) is 8.63. The highest BCUT2D eigenvalue weighted by Gasteiger charge is 2.49. The van der Waals surface area contributed by atoms with Crippen molar-refractivity contribution in [2.45, 2.75) is 26.3 Å². The first-order chi connectivity index (χ1) is 18.4. The predicted molar refractivity (Wildman–Crippen MR) is 144 cm³/mol. The molecule has 1 atom stereocenters. The lowest BCUT2D eigenvalue weighted by atomic mass is 9.95. The first-order valence-electron chi connectivity index (χ1n) is 12.2. The molecular formula is C29H25FN2O5S. The molecule has 1 aliphatic heterocycles. The van der Waals surface area contributed by atoms with Crippen molar-refractivity contribution in [2.75, 3.05) is 18.1 Å². The van der Waals surface area contributed by atoms with Crippen LogP contribution in [0.3, 0.4) is 0 Å². The van der Waals surface area contributed by atoms with Gasteiger partial charge >= 0.3 is 5.91 Å². The van der Waals surface area contributed by atoms with Gasteiger partial charge in [0, 0.05) is 11.1 Å². The molecule has 1 saturated heterocycles. The number of aliphatic hydroxyl groups is 1. The zero-order valence-corrected chi connectivity index (χ0v) is 21.6. The summed E-state index contributed by atoms with van der Waals surface area (Å²) in [7, 11) is 0. The van der Waals surface area contributed by atoms with E-state index in [1.54, 1.807) is 48.5 Å². The smallest absolute Gasteiger partial charge is 0.301 e. The number of nitrogens with zero attached hydrogens (tertiary/aromatic N) is 2. The summed E-state index contributed by atoms with van der Waals surface area (Å²) in [5, 5.41) is 11.6. The average molecular weight is 533 g/mol. The Morgan fingerprint density at radius 3 is 2.58 bits per heavy atom. The molecule has 0 radical (unpaired) electrons. The van der Waals surface area contributed by atoms with Crippen LogP contribution in [-0.2, 0) is 9.59 Å². The lowest BCUT2D eigenvalue weighted by molar-refractivity contribution is -0.132. The van der Waals surface area contributed by atoms with Crippen molar-refractivity contribution in [2.24, 2.45) is 0 Å². The van der Waals surface area contributed by atoms with Gasteiger partial charge in [0.05, 0.1) is 29.0 Å². The van der Waals surface area contributed by atoms with Crippen LogP contribution >= 0.6 is 11.3 Å². The summed E-state index contributed by atoms with van der Waals surface area (Å²) in [6.45, 7) is 4.82. The van der Waals surface area contributed by atoms with Gasteiger partial charge in [0.1, 0.15) is 29.1 Å². The van der Waals surface area contributed by atoms with E-state index in [-0.39, 0.29) is 21.8 Å². The highest BCUT2D eigenvalue weighted by molar-refractivity contribution is 7.22. The quantitative estimate of drug-likeness (QED) is 0.164. The minimum absolute atomic E-state index is 0.0703. The summed E-state index contributed by atoms with van der Waals surface area (Å²) in [6.07, 6.45) is 0.794. The van der Waals surface area contributed by atoms with Crippen LogP contribution in [-0.4, -0.2) is 35.0 Å².